The molecule has 2 heteroatoms. The Balaban J connectivity index is 2.83. The smallest absolute Gasteiger partial charge is 0.331 e. The van der Waals surface area contributed by atoms with Gasteiger partial charge in [-0.3, -0.25) is 0 Å². The van der Waals surface area contributed by atoms with Crippen LogP contribution in [0.1, 0.15) is 38.7 Å². The van der Waals surface area contributed by atoms with Crippen molar-refractivity contribution >= 4 is 11.5 Å². The van der Waals surface area contributed by atoms with Crippen LogP contribution in [0.3, 0.4) is 0 Å². The molecule has 96 valence electrons. The van der Waals surface area contributed by atoms with Gasteiger partial charge in [0, 0.05) is 5.57 Å². The SMILES string of the molecule is CCCC/C(=C\C=C(C)c1ccccc1)C(=O)O. The third kappa shape index (κ3) is 4.58. The van der Waals surface area contributed by atoms with Gasteiger partial charge in [-0.25, -0.2) is 4.79 Å². The first-order valence-electron chi connectivity index (χ1n) is 6.31. The molecule has 0 aliphatic carbocycles. The molecule has 0 unspecified atom stereocenters. The number of hydrogen-bond acceptors (Lipinski definition) is 1. The molecule has 1 aromatic carbocycles. The summed E-state index contributed by atoms with van der Waals surface area (Å²) in [6.45, 7) is 4.05. The summed E-state index contributed by atoms with van der Waals surface area (Å²) in [5, 5.41) is 9.09. The van der Waals surface area contributed by atoms with E-state index in [0.717, 1.165) is 24.0 Å². The Morgan fingerprint density at radius 1 is 1.22 bits per heavy atom. The van der Waals surface area contributed by atoms with Crippen molar-refractivity contribution in [2.75, 3.05) is 0 Å². The fraction of sp³-hybridized carbons (Fsp3) is 0.312. The number of hydrogen-bond donors (Lipinski definition) is 1. The van der Waals surface area contributed by atoms with Crippen molar-refractivity contribution in [3.05, 3.63) is 53.6 Å². The Kier molecular flexibility index (Phi) is 5.92. The maximum Gasteiger partial charge on any atom is 0.331 e. The normalized spacial score (nSPS) is 12.6. The van der Waals surface area contributed by atoms with Gasteiger partial charge < -0.3 is 5.11 Å². The quantitative estimate of drug-likeness (QED) is 0.598. The molecule has 0 radical (unpaired) electrons. The highest BCUT2D eigenvalue weighted by atomic mass is 16.4. The lowest BCUT2D eigenvalue weighted by Gasteiger charge is -2.01. The Labute approximate surface area is 109 Å². The molecule has 0 aliphatic heterocycles. The molecule has 1 rings (SSSR count). The minimum atomic E-state index is -0.819. The first-order chi connectivity index (χ1) is 8.65. The van der Waals surface area contributed by atoms with Crippen LogP contribution in [0.4, 0.5) is 0 Å². The van der Waals surface area contributed by atoms with Crippen molar-refractivity contribution in [2.24, 2.45) is 0 Å². The molecule has 0 saturated heterocycles. The molecule has 0 spiro atoms. The van der Waals surface area contributed by atoms with Gasteiger partial charge in [-0.15, -0.1) is 0 Å². The highest BCUT2D eigenvalue weighted by Gasteiger charge is 2.05. The molecule has 0 aromatic heterocycles. The monoisotopic (exact) mass is 244 g/mol. The van der Waals surface area contributed by atoms with Crippen molar-refractivity contribution in [1.29, 1.82) is 0 Å². The second-order valence-electron chi connectivity index (χ2n) is 4.32. The number of rotatable bonds is 6. The van der Waals surface area contributed by atoms with Crippen LogP contribution in [0.15, 0.2) is 48.1 Å². The third-order valence-corrected chi connectivity index (χ3v) is 2.84. The molecular formula is C16H20O2. The van der Waals surface area contributed by atoms with Crippen LogP contribution < -0.4 is 0 Å². The maximum atomic E-state index is 11.1. The van der Waals surface area contributed by atoms with Crippen molar-refractivity contribution in [3.8, 4) is 0 Å². The van der Waals surface area contributed by atoms with Crippen LogP contribution in [-0.2, 0) is 4.79 Å². The van der Waals surface area contributed by atoms with Crippen LogP contribution in [0, 0.1) is 0 Å². The highest BCUT2D eigenvalue weighted by Crippen LogP contribution is 2.15. The van der Waals surface area contributed by atoms with Crippen molar-refractivity contribution in [1.82, 2.24) is 0 Å². The van der Waals surface area contributed by atoms with E-state index in [9.17, 15) is 4.79 Å². The Morgan fingerprint density at radius 2 is 1.89 bits per heavy atom. The zero-order valence-electron chi connectivity index (χ0n) is 11.0. The summed E-state index contributed by atoms with van der Waals surface area (Å²) in [7, 11) is 0. The Morgan fingerprint density at radius 3 is 2.44 bits per heavy atom. The van der Waals surface area contributed by atoms with Gasteiger partial charge in [0.15, 0.2) is 0 Å². The first kappa shape index (κ1) is 14.2. The lowest BCUT2D eigenvalue weighted by molar-refractivity contribution is -0.132. The summed E-state index contributed by atoms with van der Waals surface area (Å²) in [5.74, 6) is -0.819. The summed E-state index contributed by atoms with van der Waals surface area (Å²) >= 11 is 0. The van der Waals surface area contributed by atoms with Gasteiger partial charge in [0.05, 0.1) is 0 Å². The summed E-state index contributed by atoms with van der Waals surface area (Å²) in [4.78, 5) is 11.1. The molecule has 18 heavy (non-hydrogen) atoms. The van der Waals surface area contributed by atoms with Crippen molar-refractivity contribution in [3.63, 3.8) is 0 Å². The predicted octanol–water partition coefficient (Wildman–Crippen LogP) is 4.29. The van der Waals surface area contributed by atoms with E-state index >= 15 is 0 Å². The fourth-order valence-electron chi connectivity index (χ4n) is 1.65. The number of unbranched alkanes of at least 4 members (excludes halogenated alkanes) is 1. The van der Waals surface area contributed by atoms with E-state index in [-0.39, 0.29) is 0 Å². The lowest BCUT2D eigenvalue weighted by Crippen LogP contribution is -2.00. The van der Waals surface area contributed by atoms with Crippen LogP contribution in [0.25, 0.3) is 5.57 Å². The fourth-order valence-corrected chi connectivity index (χ4v) is 1.65. The number of aliphatic carboxylic acids is 1. The molecule has 0 atom stereocenters. The zero-order chi connectivity index (χ0) is 13.4. The minimum Gasteiger partial charge on any atom is -0.478 e. The number of benzene rings is 1. The average molecular weight is 244 g/mol. The third-order valence-electron chi connectivity index (χ3n) is 2.84. The van der Waals surface area contributed by atoms with Gasteiger partial charge in [-0.05, 0) is 30.9 Å². The van der Waals surface area contributed by atoms with Gasteiger partial charge in [0.25, 0.3) is 0 Å². The molecule has 1 aromatic rings. The molecule has 0 saturated carbocycles. The van der Waals surface area contributed by atoms with E-state index < -0.39 is 5.97 Å². The lowest BCUT2D eigenvalue weighted by atomic mass is 10.0. The van der Waals surface area contributed by atoms with Gasteiger partial charge in [-0.1, -0.05) is 55.8 Å². The second-order valence-corrected chi connectivity index (χ2v) is 4.32. The van der Waals surface area contributed by atoms with E-state index in [1.54, 1.807) is 6.08 Å². The Hall–Kier alpha value is -1.83. The summed E-state index contributed by atoms with van der Waals surface area (Å²) in [6.07, 6.45) is 6.15. The highest BCUT2D eigenvalue weighted by molar-refractivity contribution is 5.87. The molecule has 1 N–H and O–H groups in total. The predicted molar refractivity (Wildman–Crippen MR) is 75.3 cm³/mol. The topological polar surface area (TPSA) is 37.3 Å². The van der Waals surface area contributed by atoms with Gasteiger partial charge in [-0.2, -0.15) is 0 Å². The maximum absolute atomic E-state index is 11.1. The molecule has 0 heterocycles. The summed E-state index contributed by atoms with van der Waals surface area (Å²) in [5.41, 5.74) is 2.67. The molecular weight excluding hydrogens is 224 g/mol. The van der Waals surface area contributed by atoms with Gasteiger partial charge in [0.1, 0.15) is 0 Å². The summed E-state index contributed by atoms with van der Waals surface area (Å²) in [6, 6.07) is 9.96. The molecule has 0 aliphatic rings. The van der Waals surface area contributed by atoms with Crippen LogP contribution in [-0.4, -0.2) is 11.1 Å². The number of allylic oxidation sites excluding steroid dienone is 3. The average Bonchev–Trinajstić information content (AvgIpc) is 2.39. The van der Waals surface area contributed by atoms with E-state index in [4.69, 9.17) is 5.11 Å². The van der Waals surface area contributed by atoms with Crippen molar-refractivity contribution < 1.29 is 9.90 Å². The van der Waals surface area contributed by atoms with Crippen LogP contribution >= 0.6 is 0 Å². The number of carboxylic acids is 1. The van der Waals surface area contributed by atoms with Gasteiger partial charge in [0.2, 0.25) is 0 Å². The zero-order valence-corrected chi connectivity index (χ0v) is 11.0. The molecule has 0 fully saturated rings. The largest absolute Gasteiger partial charge is 0.478 e. The van der Waals surface area contributed by atoms with E-state index in [1.807, 2.05) is 43.3 Å². The van der Waals surface area contributed by atoms with E-state index in [1.165, 1.54) is 0 Å². The molecule has 0 amide bonds. The number of carboxylic acid groups (broad SMARTS) is 1. The minimum absolute atomic E-state index is 0.479. The Bertz CT molecular complexity index is 441. The second kappa shape index (κ2) is 7.49. The number of carbonyl (C=O) groups is 1. The van der Waals surface area contributed by atoms with Crippen LogP contribution in [0.2, 0.25) is 0 Å². The van der Waals surface area contributed by atoms with Gasteiger partial charge >= 0.3 is 5.97 Å². The summed E-state index contributed by atoms with van der Waals surface area (Å²) < 4.78 is 0. The van der Waals surface area contributed by atoms with Crippen LogP contribution in [0.5, 0.6) is 0 Å². The van der Waals surface area contributed by atoms with E-state index in [0.29, 0.717) is 12.0 Å². The standard InChI is InChI=1S/C16H20O2/c1-3-4-8-15(16(17)18)12-11-13(2)14-9-6-5-7-10-14/h5-7,9-12H,3-4,8H2,1-2H3,(H,17,18)/b13-11?,15-12+. The molecule has 0 bridgehead atoms. The molecule has 2 nitrogen and oxygen atoms in total. The first-order valence-corrected chi connectivity index (χ1v) is 6.31. The van der Waals surface area contributed by atoms with Crippen molar-refractivity contribution in [2.45, 2.75) is 33.1 Å². The van der Waals surface area contributed by atoms with E-state index in [2.05, 4.69) is 6.92 Å².